The minimum Gasteiger partial charge on any atom is -0.481 e. The molecule has 0 amide bonds. The highest BCUT2D eigenvalue weighted by Crippen LogP contribution is 2.27. The first kappa shape index (κ1) is 17.7. The van der Waals surface area contributed by atoms with E-state index in [-0.39, 0.29) is 6.42 Å². The van der Waals surface area contributed by atoms with Crippen LogP contribution in [0.3, 0.4) is 0 Å². The Morgan fingerprint density at radius 2 is 1.85 bits per heavy atom. The number of carboxylic acids is 1. The molecule has 1 heterocycles. The van der Waals surface area contributed by atoms with Crippen LogP contribution >= 0.6 is 0 Å². The Hall–Kier alpha value is -3.08. The van der Waals surface area contributed by atoms with Crippen LogP contribution in [0.2, 0.25) is 0 Å². The molecule has 0 fully saturated rings. The summed E-state index contributed by atoms with van der Waals surface area (Å²) in [6.45, 7) is 5.20. The lowest BCUT2D eigenvalue weighted by Gasteiger charge is -2.08. The lowest BCUT2D eigenvalue weighted by atomic mass is 10.1. The normalized spacial score (nSPS) is 10.9. The Morgan fingerprint density at radius 1 is 1.12 bits per heavy atom. The number of ether oxygens (including phenoxy) is 1. The average Bonchev–Trinajstić information content (AvgIpc) is 3.02. The van der Waals surface area contributed by atoms with Crippen molar-refractivity contribution in [3.05, 3.63) is 66.5 Å². The van der Waals surface area contributed by atoms with Crippen molar-refractivity contribution in [1.82, 2.24) is 9.78 Å². The third kappa shape index (κ3) is 4.72. The van der Waals surface area contributed by atoms with Crippen LogP contribution in [0.5, 0.6) is 11.5 Å². The van der Waals surface area contributed by atoms with E-state index in [0.717, 1.165) is 17.7 Å². The number of carboxylic acid groups (broad SMARTS) is 1. The summed E-state index contributed by atoms with van der Waals surface area (Å²) in [7, 11) is 0. The zero-order valence-corrected chi connectivity index (χ0v) is 14.9. The molecule has 0 saturated heterocycles. The zero-order chi connectivity index (χ0) is 18.5. The Kier molecular flexibility index (Phi) is 5.37. The predicted molar refractivity (Wildman–Crippen MR) is 100 cm³/mol. The minimum atomic E-state index is -0.859. The van der Waals surface area contributed by atoms with Crippen molar-refractivity contribution < 1.29 is 14.6 Å². The average molecular weight is 350 g/mol. The maximum absolute atomic E-state index is 10.9. The van der Waals surface area contributed by atoms with E-state index in [2.05, 4.69) is 18.9 Å². The van der Waals surface area contributed by atoms with Crippen LogP contribution in [0.1, 0.15) is 19.4 Å². The van der Waals surface area contributed by atoms with Crippen molar-refractivity contribution in [2.24, 2.45) is 5.92 Å². The molecule has 3 aromatic rings. The van der Waals surface area contributed by atoms with E-state index in [9.17, 15) is 4.79 Å². The van der Waals surface area contributed by atoms with Crippen LogP contribution in [0, 0.1) is 5.92 Å². The van der Waals surface area contributed by atoms with Crippen LogP contribution in [-0.4, -0.2) is 20.9 Å². The number of aromatic nitrogens is 2. The molecular formula is C21H22N2O3. The minimum absolute atomic E-state index is 0.0216. The van der Waals surface area contributed by atoms with Gasteiger partial charge in [0.1, 0.15) is 11.5 Å². The van der Waals surface area contributed by atoms with Crippen molar-refractivity contribution >= 4 is 5.97 Å². The van der Waals surface area contributed by atoms with Crippen LogP contribution < -0.4 is 4.74 Å². The number of hydrogen-bond acceptors (Lipinski definition) is 3. The standard InChI is InChI=1S/C21H22N2O3/c1-15(2)13-23-14-18(12-22-23)17-6-4-8-20(11-17)26-19-7-3-5-16(9-19)10-21(24)25/h3-9,11-12,14-15H,10,13H2,1-2H3,(H,24,25). The largest absolute Gasteiger partial charge is 0.481 e. The van der Waals surface area contributed by atoms with Gasteiger partial charge in [0.25, 0.3) is 0 Å². The lowest BCUT2D eigenvalue weighted by molar-refractivity contribution is -0.136. The smallest absolute Gasteiger partial charge is 0.307 e. The molecule has 2 aromatic carbocycles. The van der Waals surface area contributed by atoms with E-state index in [4.69, 9.17) is 9.84 Å². The van der Waals surface area contributed by atoms with E-state index in [1.54, 1.807) is 18.2 Å². The second-order valence-corrected chi connectivity index (χ2v) is 6.69. The summed E-state index contributed by atoms with van der Waals surface area (Å²) < 4.78 is 7.86. The van der Waals surface area contributed by atoms with Crippen LogP contribution in [0.25, 0.3) is 11.1 Å². The molecule has 26 heavy (non-hydrogen) atoms. The molecule has 3 rings (SSSR count). The fourth-order valence-corrected chi connectivity index (χ4v) is 2.76. The van der Waals surface area contributed by atoms with Crippen molar-refractivity contribution in [3.63, 3.8) is 0 Å². The van der Waals surface area contributed by atoms with E-state index in [1.807, 2.05) is 47.4 Å². The van der Waals surface area contributed by atoms with Gasteiger partial charge >= 0.3 is 5.97 Å². The Morgan fingerprint density at radius 3 is 2.58 bits per heavy atom. The number of hydrogen-bond donors (Lipinski definition) is 1. The second kappa shape index (κ2) is 7.87. The van der Waals surface area contributed by atoms with E-state index in [1.165, 1.54) is 0 Å². The molecule has 0 atom stereocenters. The predicted octanol–water partition coefficient (Wildman–Crippen LogP) is 4.63. The molecule has 5 heteroatoms. The highest BCUT2D eigenvalue weighted by molar-refractivity contribution is 5.70. The summed E-state index contributed by atoms with van der Waals surface area (Å²) in [5, 5.41) is 13.3. The summed E-state index contributed by atoms with van der Waals surface area (Å²) in [4.78, 5) is 10.9. The monoisotopic (exact) mass is 350 g/mol. The summed E-state index contributed by atoms with van der Waals surface area (Å²) in [5.41, 5.74) is 2.77. The number of nitrogens with zero attached hydrogens (tertiary/aromatic N) is 2. The van der Waals surface area contributed by atoms with Gasteiger partial charge in [-0.15, -0.1) is 0 Å². The summed E-state index contributed by atoms with van der Waals surface area (Å²) >= 11 is 0. The SMILES string of the molecule is CC(C)Cn1cc(-c2cccc(Oc3cccc(CC(=O)O)c3)c2)cn1. The Bertz CT molecular complexity index is 900. The molecule has 5 nitrogen and oxygen atoms in total. The van der Waals surface area contributed by atoms with Gasteiger partial charge in [0, 0.05) is 18.3 Å². The van der Waals surface area contributed by atoms with Gasteiger partial charge < -0.3 is 9.84 Å². The molecule has 0 aliphatic heterocycles. The Balaban J connectivity index is 1.77. The zero-order valence-electron chi connectivity index (χ0n) is 14.9. The number of rotatable bonds is 7. The van der Waals surface area contributed by atoms with Crippen molar-refractivity contribution in [2.75, 3.05) is 0 Å². The molecule has 0 aliphatic carbocycles. The highest BCUT2D eigenvalue weighted by atomic mass is 16.5. The van der Waals surface area contributed by atoms with Gasteiger partial charge in [-0.25, -0.2) is 0 Å². The Labute approximate surface area is 152 Å². The van der Waals surface area contributed by atoms with Crippen molar-refractivity contribution in [1.29, 1.82) is 0 Å². The van der Waals surface area contributed by atoms with Gasteiger partial charge in [-0.1, -0.05) is 38.1 Å². The van der Waals surface area contributed by atoms with Crippen LogP contribution in [-0.2, 0) is 17.8 Å². The maximum Gasteiger partial charge on any atom is 0.307 e. The first-order chi connectivity index (χ1) is 12.5. The molecule has 0 unspecified atom stereocenters. The molecular weight excluding hydrogens is 328 g/mol. The van der Waals surface area contributed by atoms with Gasteiger partial charge in [-0.2, -0.15) is 5.10 Å². The molecule has 1 aromatic heterocycles. The third-order valence-electron chi connectivity index (χ3n) is 3.84. The van der Waals surface area contributed by atoms with E-state index in [0.29, 0.717) is 23.0 Å². The highest BCUT2D eigenvalue weighted by Gasteiger charge is 2.07. The topological polar surface area (TPSA) is 64.3 Å². The number of aliphatic carboxylic acids is 1. The van der Waals surface area contributed by atoms with Gasteiger partial charge in [-0.3, -0.25) is 9.48 Å². The van der Waals surface area contributed by atoms with Gasteiger partial charge in [-0.05, 0) is 41.3 Å². The summed E-state index contributed by atoms with van der Waals surface area (Å²) in [6, 6.07) is 14.9. The molecule has 0 bridgehead atoms. The van der Waals surface area contributed by atoms with Crippen molar-refractivity contribution in [3.8, 4) is 22.6 Å². The van der Waals surface area contributed by atoms with Crippen molar-refractivity contribution in [2.45, 2.75) is 26.8 Å². The number of benzene rings is 2. The first-order valence-electron chi connectivity index (χ1n) is 8.61. The fraction of sp³-hybridized carbons (Fsp3) is 0.238. The van der Waals surface area contributed by atoms with Gasteiger partial charge in [0.05, 0.1) is 12.6 Å². The molecule has 1 N–H and O–H groups in total. The van der Waals surface area contributed by atoms with E-state index >= 15 is 0 Å². The molecule has 0 spiro atoms. The third-order valence-corrected chi connectivity index (χ3v) is 3.84. The molecule has 134 valence electrons. The maximum atomic E-state index is 10.9. The van der Waals surface area contributed by atoms with Crippen LogP contribution in [0.4, 0.5) is 0 Å². The van der Waals surface area contributed by atoms with E-state index < -0.39 is 5.97 Å². The lowest BCUT2D eigenvalue weighted by Crippen LogP contribution is -2.03. The number of carbonyl (C=O) groups is 1. The van der Waals surface area contributed by atoms with Crippen LogP contribution in [0.15, 0.2) is 60.9 Å². The first-order valence-corrected chi connectivity index (χ1v) is 8.61. The molecule has 0 saturated carbocycles. The molecule has 0 aliphatic rings. The van der Waals surface area contributed by atoms with Gasteiger partial charge in [0.2, 0.25) is 0 Å². The second-order valence-electron chi connectivity index (χ2n) is 6.69. The summed E-state index contributed by atoms with van der Waals surface area (Å²) in [5.74, 6) is 1.00. The quantitative estimate of drug-likeness (QED) is 0.675. The molecule has 0 radical (unpaired) electrons. The van der Waals surface area contributed by atoms with Gasteiger partial charge in [0.15, 0.2) is 0 Å². The summed E-state index contributed by atoms with van der Waals surface area (Å²) in [6.07, 6.45) is 3.87. The fourth-order valence-electron chi connectivity index (χ4n) is 2.76.